The van der Waals surface area contributed by atoms with Gasteiger partial charge in [0.05, 0.1) is 6.10 Å². The predicted molar refractivity (Wildman–Crippen MR) is 75.7 cm³/mol. The van der Waals surface area contributed by atoms with Gasteiger partial charge in [-0.05, 0) is 50.6 Å². The highest BCUT2D eigenvalue weighted by Gasteiger charge is 2.31. The third-order valence-corrected chi connectivity index (χ3v) is 5.03. The van der Waals surface area contributed by atoms with Gasteiger partial charge in [0.2, 0.25) is 0 Å². The average Bonchev–Trinajstić information content (AvgIpc) is 2.97. The summed E-state index contributed by atoms with van der Waals surface area (Å²) in [7, 11) is 0. The molecule has 0 amide bonds. The molecule has 2 rings (SSSR count). The molecule has 1 saturated carbocycles. The van der Waals surface area contributed by atoms with Crippen LogP contribution in [0.5, 0.6) is 0 Å². The summed E-state index contributed by atoms with van der Waals surface area (Å²) in [6.07, 6.45) is 6.36. The molecule has 2 N–H and O–H groups in total. The molecule has 0 spiro atoms. The molecule has 2 aliphatic rings. The van der Waals surface area contributed by atoms with E-state index in [0.29, 0.717) is 6.04 Å². The van der Waals surface area contributed by atoms with Gasteiger partial charge in [-0.3, -0.25) is 0 Å². The third-order valence-electron chi connectivity index (χ3n) is 5.03. The van der Waals surface area contributed by atoms with Crippen molar-refractivity contribution in [2.24, 2.45) is 11.8 Å². The first-order valence-corrected chi connectivity index (χ1v) is 7.84. The SMILES string of the molecule is CCC1CCC(NCC(O)CN2CCCC2)C1C. The second-order valence-corrected chi connectivity index (χ2v) is 6.28. The molecule has 1 heterocycles. The van der Waals surface area contributed by atoms with Crippen molar-refractivity contribution in [2.45, 2.75) is 58.1 Å². The lowest BCUT2D eigenvalue weighted by Gasteiger charge is -2.24. The van der Waals surface area contributed by atoms with Crippen LogP contribution in [0.3, 0.4) is 0 Å². The molecular formula is C15H30N2O. The van der Waals surface area contributed by atoms with Gasteiger partial charge in [-0.2, -0.15) is 0 Å². The van der Waals surface area contributed by atoms with Crippen LogP contribution in [0.2, 0.25) is 0 Å². The number of nitrogens with zero attached hydrogens (tertiary/aromatic N) is 1. The lowest BCUT2D eigenvalue weighted by Crippen LogP contribution is -2.42. The van der Waals surface area contributed by atoms with Crippen LogP contribution in [-0.4, -0.2) is 48.3 Å². The number of hydrogen-bond acceptors (Lipinski definition) is 3. The summed E-state index contributed by atoms with van der Waals surface area (Å²) in [4.78, 5) is 2.39. The van der Waals surface area contributed by atoms with Gasteiger partial charge in [-0.1, -0.05) is 20.3 Å². The normalized spacial score (nSPS) is 35.2. The summed E-state index contributed by atoms with van der Waals surface area (Å²) in [6.45, 7) is 8.63. The van der Waals surface area contributed by atoms with Crippen LogP contribution in [0.15, 0.2) is 0 Å². The summed E-state index contributed by atoms with van der Waals surface area (Å²) in [6, 6.07) is 0.628. The molecular weight excluding hydrogens is 224 g/mol. The van der Waals surface area contributed by atoms with E-state index in [1.54, 1.807) is 0 Å². The van der Waals surface area contributed by atoms with E-state index in [2.05, 4.69) is 24.1 Å². The van der Waals surface area contributed by atoms with Crippen LogP contribution in [-0.2, 0) is 0 Å². The molecule has 0 bridgehead atoms. The van der Waals surface area contributed by atoms with Gasteiger partial charge in [0.25, 0.3) is 0 Å². The summed E-state index contributed by atoms with van der Waals surface area (Å²) in [5.41, 5.74) is 0. The van der Waals surface area contributed by atoms with Gasteiger partial charge in [-0.25, -0.2) is 0 Å². The molecule has 1 aliphatic carbocycles. The van der Waals surface area contributed by atoms with E-state index in [0.717, 1.165) is 24.9 Å². The molecule has 18 heavy (non-hydrogen) atoms. The van der Waals surface area contributed by atoms with Crippen LogP contribution in [0.25, 0.3) is 0 Å². The van der Waals surface area contributed by atoms with Gasteiger partial charge >= 0.3 is 0 Å². The molecule has 1 saturated heterocycles. The molecule has 0 aromatic carbocycles. The fourth-order valence-electron chi connectivity index (χ4n) is 3.73. The van der Waals surface area contributed by atoms with Crippen molar-refractivity contribution in [3.8, 4) is 0 Å². The first-order chi connectivity index (χ1) is 8.70. The summed E-state index contributed by atoms with van der Waals surface area (Å²) < 4.78 is 0. The minimum Gasteiger partial charge on any atom is -0.390 e. The van der Waals surface area contributed by atoms with Gasteiger partial charge in [0, 0.05) is 19.1 Å². The fraction of sp³-hybridized carbons (Fsp3) is 1.00. The number of aliphatic hydroxyl groups excluding tert-OH is 1. The average molecular weight is 254 g/mol. The molecule has 4 unspecified atom stereocenters. The smallest absolute Gasteiger partial charge is 0.0791 e. The Balaban J connectivity index is 1.64. The molecule has 106 valence electrons. The maximum atomic E-state index is 10.1. The van der Waals surface area contributed by atoms with Crippen molar-refractivity contribution >= 4 is 0 Å². The third kappa shape index (κ3) is 3.69. The fourth-order valence-corrected chi connectivity index (χ4v) is 3.73. The van der Waals surface area contributed by atoms with Crippen LogP contribution in [0.4, 0.5) is 0 Å². The number of aliphatic hydroxyl groups is 1. The monoisotopic (exact) mass is 254 g/mol. The second-order valence-electron chi connectivity index (χ2n) is 6.28. The minimum atomic E-state index is -0.198. The first kappa shape index (κ1) is 14.3. The number of rotatable bonds is 6. The Morgan fingerprint density at radius 2 is 2.00 bits per heavy atom. The second kappa shape index (κ2) is 6.88. The van der Waals surface area contributed by atoms with Crippen molar-refractivity contribution in [1.29, 1.82) is 0 Å². The lowest BCUT2D eigenvalue weighted by molar-refractivity contribution is 0.118. The van der Waals surface area contributed by atoms with Crippen molar-refractivity contribution in [1.82, 2.24) is 10.2 Å². The Bertz CT molecular complexity index is 241. The zero-order valence-corrected chi connectivity index (χ0v) is 12.1. The summed E-state index contributed by atoms with van der Waals surface area (Å²) >= 11 is 0. The Morgan fingerprint density at radius 1 is 1.28 bits per heavy atom. The number of β-amino-alcohol motifs (C(OH)–C–C–N with tert-alkyl or cyclic N) is 1. The predicted octanol–water partition coefficient (Wildman–Crippen LogP) is 1.86. The van der Waals surface area contributed by atoms with E-state index in [9.17, 15) is 5.11 Å². The van der Waals surface area contributed by atoms with Gasteiger partial charge < -0.3 is 15.3 Å². The summed E-state index contributed by atoms with van der Waals surface area (Å²) in [5, 5.41) is 13.7. The van der Waals surface area contributed by atoms with Crippen molar-refractivity contribution in [3.05, 3.63) is 0 Å². The van der Waals surface area contributed by atoms with E-state index in [-0.39, 0.29) is 6.10 Å². The molecule has 3 heteroatoms. The lowest BCUT2D eigenvalue weighted by atomic mass is 9.93. The van der Waals surface area contributed by atoms with Crippen molar-refractivity contribution < 1.29 is 5.11 Å². The molecule has 4 atom stereocenters. The quantitative estimate of drug-likeness (QED) is 0.759. The molecule has 1 aliphatic heterocycles. The van der Waals surface area contributed by atoms with E-state index < -0.39 is 0 Å². The molecule has 2 fully saturated rings. The zero-order valence-electron chi connectivity index (χ0n) is 12.1. The Labute approximate surface area is 112 Å². The van der Waals surface area contributed by atoms with Crippen LogP contribution < -0.4 is 5.32 Å². The highest BCUT2D eigenvalue weighted by atomic mass is 16.3. The van der Waals surface area contributed by atoms with Crippen LogP contribution in [0.1, 0.15) is 46.0 Å². The number of nitrogens with one attached hydrogen (secondary N) is 1. The number of hydrogen-bond donors (Lipinski definition) is 2. The van der Waals surface area contributed by atoms with E-state index in [4.69, 9.17) is 0 Å². The molecule has 3 nitrogen and oxygen atoms in total. The van der Waals surface area contributed by atoms with Gasteiger partial charge in [-0.15, -0.1) is 0 Å². The Hall–Kier alpha value is -0.120. The number of likely N-dealkylation sites (tertiary alicyclic amines) is 1. The molecule has 0 aromatic heterocycles. The topological polar surface area (TPSA) is 35.5 Å². The highest BCUT2D eigenvalue weighted by Crippen LogP contribution is 2.33. The van der Waals surface area contributed by atoms with Crippen molar-refractivity contribution in [2.75, 3.05) is 26.2 Å². The van der Waals surface area contributed by atoms with Crippen LogP contribution >= 0.6 is 0 Å². The van der Waals surface area contributed by atoms with Crippen molar-refractivity contribution in [3.63, 3.8) is 0 Å². The van der Waals surface area contributed by atoms with E-state index in [1.165, 1.54) is 45.2 Å². The van der Waals surface area contributed by atoms with Gasteiger partial charge in [0.1, 0.15) is 0 Å². The Morgan fingerprint density at radius 3 is 2.61 bits per heavy atom. The van der Waals surface area contributed by atoms with E-state index >= 15 is 0 Å². The minimum absolute atomic E-state index is 0.198. The zero-order chi connectivity index (χ0) is 13.0. The van der Waals surface area contributed by atoms with Gasteiger partial charge in [0.15, 0.2) is 0 Å². The highest BCUT2D eigenvalue weighted by molar-refractivity contribution is 4.87. The largest absolute Gasteiger partial charge is 0.390 e. The Kier molecular flexibility index (Phi) is 5.46. The standard InChI is InChI=1S/C15H30N2O/c1-3-13-6-7-15(12(13)2)16-10-14(18)11-17-8-4-5-9-17/h12-16,18H,3-11H2,1-2H3. The van der Waals surface area contributed by atoms with E-state index in [1.807, 2.05) is 0 Å². The van der Waals surface area contributed by atoms with Crippen LogP contribution in [0, 0.1) is 11.8 Å². The first-order valence-electron chi connectivity index (χ1n) is 7.84. The maximum absolute atomic E-state index is 10.1. The molecule has 0 radical (unpaired) electrons. The summed E-state index contributed by atoms with van der Waals surface area (Å²) in [5.74, 6) is 1.66. The molecule has 0 aromatic rings. The maximum Gasteiger partial charge on any atom is 0.0791 e.